The first-order valence-electron chi connectivity index (χ1n) is 13.0. The molecular formula is C28H50N2S2. The largest absolute Gasteiger partial charge is 0.245 e. The van der Waals surface area contributed by atoms with Crippen LogP contribution in [0.15, 0.2) is 42.5 Å². The fourth-order valence-electron chi connectivity index (χ4n) is 3.42. The van der Waals surface area contributed by atoms with E-state index >= 15 is 0 Å². The maximum absolute atomic E-state index is 3.65. The van der Waals surface area contributed by atoms with E-state index in [2.05, 4.69) is 79.6 Å². The Morgan fingerprint density at radius 3 is 2.03 bits per heavy atom. The number of rotatable bonds is 20. The average molecular weight is 479 g/mol. The van der Waals surface area contributed by atoms with Gasteiger partial charge in [-0.3, -0.25) is 0 Å². The summed E-state index contributed by atoms with van der Waals surface area (Å²) in [6.07, 6.45) is 22.3. The molecule has 0 spiro atoms. The zero-order valence-electron chi connectivity index (χ0n) is 21.3. The van der Waals surface area contributed by atoms with Gasteiger partial charge in [0.25, 0.3) is 0 Å². The van der Waals surface area contributed by atoms with Crippen molar-refractivity contribution in [3.8, 4) is 0 Å². The van der Waals surface area contributed by atoms with Crippen LogP contribution in [0.4, 0.5) is 0 Å². The van der Waals surface area contributed by atoms with E-state index in [0.717, 1.165) is 5.75 Å². The Morgan fingerprint density at radius 1 is 0.812 bits per heavy atom. The Hall–Kier alpha value is -0.420. The molecule has 0 aliphatic heterocycles. The van der Waals surface area contributed by atoms with Gasteiger partial charge in [0.15, 0.2) is 0 Å². The van der Waals surface area contributed by atoms with Gasteiger partial charge in [0.05, 0.1) is 5.37 Å². The van der Waals surface area contributed by atoms with Gasteiger partial charge in [-0.15, -0.1) is 11.8 Å². The van der Waals surface area contributed by atoms with Crippen LogP contribution in [-0.4, -0.2) is 10.9 Å². The van der Waals surface area contributed by atoms with E-state index in [1.54, 1.807) is 12.1 Å². The Bertz CT molecular complexity index is 554. The molecule has 1 aromatic rings. The lowest BCUT2D eigenvalue weighted by Crippen LogP contribution is -2.34. The number of hydrogen-bond acceptors (Lipinski definition) is 4. The van der Waals surface area contributed by atoms with Gasteiger partial charge in [-0.1, -0.05) is 101 Å². The van der Waals surface area contributed by atoms with Crippen LogP contribution in [0, 0.1) is 0 Å². The Labute approximate surface area is 208 Å². The molecule has 4 heteroatoms. The van der Waals surface area contributed by atoms with Crippen LogP contribution in [0.3, 0.4) is 0 Å². The second-order valence-electron chi connectivity index (χ2n) is 9.88. The minimum Gasteiger partial charge on any atom is -0.245 e. The highest BCUT2D eigenvalue weighted by Crippen LogP contribution is 2.23. The lowest BCUT2D eigenvalue weighted by molar-refractivity contribution is 0.531. The van der Waals surface area contributed by atoms with Gasteiger partial charge < -0.3 is 0 Å². The van der Waals surface area contributed by atoms with E-state index in [9.17, 15) is 0 Å². The molecular weight excluding hydrogens is 428 g/mol. The molecule has 2 N–H and O–H groups in total. The van der Waals surface area contributed by atoms with E-state index in [-0.39, 0.29) is 5.54 Å². The first kappa shape index (κ1) is 29.6. The molecule has 0 aliphatic rings. The number of unbranched alkanes of at least 4 members (excludes halogenated alkanes) is 10. The Morgan fingerprint density at radius 2 is 1.41 bits per heavy atom. The second-order valence-corrected chi connectivity index (χ2v) is 11.7. The van der Waals surface area contributed by atoms with Crippen molar-refractivity contribution in [1.29, 1.82) is 0 Å². The molecule has 0 bridgehead atoms. The number of hydrogen-bond donors (Lipinski definition) is 2. The van der Waals surface area contributed by atoms with Gasteiger partial charge in [0, 0.05) is 23.4 Å². The van der Waals surface area contributed by atoms with Crippen LogP contribution in [0.5, 0.6) is 0 Å². The smallest absolute Gasteiger partial charge is 0.0642 e. The molecule has 0 saturated heterocycles. The zero-order valence-corrected chi connectivity index (χ0v) is 23.0. The topological polar surface area (TPSA) is 24.1 Å². The SMILES string of the molecule is CCCCCCCC/C=C\CCCCCCC(NSNC(C)(C)C)SCc1ccccc1. The molecule has 0 amide bonds. The van der Waals surface area contributed by atoms with Crippen molar-refractivity contribution in [2.45, 2.75) is 128 Å². The van der Waals surface area contributed by atoms with Crippen molar-refractivity contribution in [1.82, 2.24) is 9.44 Å². The van der Waals surface area contributed by atoms with Gasteiger partial charge in [0.1, 0.15) is 0 Å². The molecule has 0 fully saturated rings. The molecule has 1 rings (SSSR count). The van der Waals surface area contributed by atoms with Crippen molar-refractivity contribution in [2.75, 3.05) is 0 Å². The third kappa shape index (κ3) is 19.1. The molecule has 184 valence electrons. The van der Waals surface area contributed by atoms with Gasteiger partial charge >= 0.3 is 0 Å². The Kier molecular flexibility index (Phi) is 18.5. The van der Waals surface area contributed by atoms with Crippen molar-refractivity contribution in [3.05, 3.63) is 48.0 Å². The van der Waals surface area contributed by atoms with Crippen molar-refractivity contribution < 1.29 is 0 Å². The first-order chi connectivity index (χ1) is 15.5. The molecule has 32 heavy (non-hydrogen) atoms. The summed E-state index contributed by atoms with van der Waals surface area (Å²) < 4.78 is 7.14. The predicted molar refractivity (Wildman–Crippen MR) is 150 cm³/mol. The quantitative estimate of drug-likeness (QED) is 0.0843. The van der Waals surface area contributed by atoms with Gasteiger partial charge in [-0.05, 0) is 58.4 Å². The lowest BCUT2D eigenvalue weighted by Gasteiger charge is -2.23. The summed E-state index contributed by atoms with van der Waals surface area (Å²) in [7, 11) is 0. The molecule has 0 aliphatic carbocycles. The summed E-state index contributed by atoms with van der Waals surface area (Å²) >= 11 is 3.69. The van der Waals surface area contributed by atoms with E-state index in [1.807, 2.05) is 11.8 Å². The summed E-state index contributed by atoms with van der Waals surface area (Å²) in [5.74, 6) is 1.07. The van der Waals surface area contributed by atoms with Crippen molar-refractivity contribution >= 4 is 23.9 Å². The van der Waals surface area contributed by atoms with E-state index in [1.165, 1.54) is 89.0 Å². The van der Waals surface area contributed by atoms with E-state index in [4.69, 9.17) is 0 Å². The summed E-state index contributed by atoms with van der Waals surface area (Å²) in [5, 5.41) is 0.479. The van der Waals surface area contributed by atoms with Gasteiger partial charge in [0.2, 0.25) is 0 Å². The molecule has 0 heterocycles. The summed E-state index contributed by atoms with van der Waals surface area (Å²) in [6.45, 7) is 8.90. The van der Waals surface area contributed by atoms with Gasteiger partial charge in [-0.2, -0.15) is 0 Å². The maximum Gasteiger partial charge on any atom is 0.0642 e. The highest BCUT2D eigenvalue weighted by Gasteiger charge is 2.13. The van der Waals surface area contributed by atoms with Crippen molar-refractivity contribution in [2.24, 2.45) is 0 Å². The highest BCUT2D eigenvalue weighted by molar-refractivity contribution is 8.01. The predicted octanol–water partition coefficient (Wildman–Crippen LogP) is 9.43. The molecule has 1 atom stereocenters. The molecule has 0 saturated carbocycles. The summed E-state index contributed by atoms with van der Waals surface area (Å²) in [6, 6.07) is 10.8. The normalized spacial score (nSPS) is 13.1. The van der Waals surface area contributed by atoms with Crippen molar-refractivity contribution in [3.63, 3.8) is 0 Å². The zero-order chi connectivity index (χ0) is 23.3. The van der Waals surface area contributed by atoms with Crippen LogP contribution in [0.25, 0.3) is 0 Å². The minimum atomic E-state index is 0.120. The average Bonchev–Trinajstić information content (AvgIpc) is 2.77. The first-order valence-corrected chi connectivity index (χ1v) is 14.9. The van der Waals surface area contributed by atoms with Gasteiger partial charge in [-0.25, -0.2) is 9.44 Å². The van der Waals surface area contributed by atoms with Crippen LogP contribution in [0.1, 0.15) is 117 Å². The molecule has 0 aromatic heterocycles. The molecule has 0 radical (unpaired) electrons. The summed E-state index contributed by atoms with van der Waals surface area (Å²) in [4.78, 5) is 0. The third-order valence-corrected chi connectivity index (χ3v) is 7.84. The van der Waals surface area contributed by atoms with E-state index < -0.39 is 0 Å². The van der Waals surface area contributed by atoms with Crippen LogP contribution in [-0.2, 0) is 5.75 Å². The monoisotopic (exact) mass is 478 g/mol. The Balaban J connectivity index is 2.12. The minimum absolute atomic E-state index is 0.120. The van der Waals surface area contributed by atoms with Crippen LogP contribution in [0.2, 0.25) is 0 Å². The van der Waals surface area contributed by atoms with E-state index in [0.29, 0.717) is 5.37 Å². The standard InChI is InChI=1S/C28H50N2S2/c1-5-6-7-8-9-10-11-12-13-14-15-16-17-21-24-27(29-32-30-28(2,3)4)31-25-26-22-19-18-20-23-26/h12-13,18-20,22-23,27,29-30H,5-11,14-17,21,24-25H2,1-4H3/b13-12-. The van der Waals surface area contributed by atoms with Crippen LogP contribution < -0.4 is 9.44 Å². The fraction of sp³-hybridized carbons (Fsp3) is 0.714. The number of nitrogens with one attached hydrogen (secondary N) is 2. The molecule has 2 nitrogen and oxygen atoms in total. The second kappa shape index (κ2) is 20.0. The number of allylic oxidation sites excluding steroid dienone is 2. The molecule has 1 aromatic carbocycles. The number of benzene rings is 1. The molecule has 1 unspecified atom stereocenters. The third-order valence-electron chi connectivity index (χ3n) is 5.32. The number of thioether (sulfide) groups is 1. The summed E-state index contributed by atoms with van der Waals surface area (Å²) in [5.41, 5.74) is 1.53. The highest BCUT2D eigenvalue weighted by atomic mass is 32.2. The van der Waals surface area contributed by atoms with Crippen LogP contribution >= 0.6 is 23.9 Å². The lowest BCUT2D eigenvalue weighted by atomic mass is 10.1. The fourth-order valence-corrected chi connectivity index (χ4v) is 5.37. The maximum atomic E-state index is 3.65.